The van der Waals surface area contributed by atoms with E-state index < -0.39 is 23.6 Å². The zero-order chi connectivity index (χ0) is 23.0. The first-order valence-electron chi connectivity index (χ1n) is 9.82. The lowest BCUT2D eigenvalue weighted by Gasteiger charge is -2.15. The predicted octanol–water partition coefficient (Wildman–Crippen LogP) is 3.39. The Balaban J connectivity index is 1.80. The fourth-order valence-corrected chi connectivity index (χ4v) is 3.33. The Bertz CT molecular complexity index is 1320. The van der Waals surface area contributed by atoms with E-state index in [4.69, 9.17) is 9.47 Å². The monoisotopic (exact) mass is 442 g/mol. The summed E-state index contributed by atoms with van der Waals surface area (Å²) in [6.07, 6.45) is 2.82. The minimum Gasteiger partial charge on any atom is -0.479 e. The van der Waals surface area contributed by atoms with Gasteiger partial charge >= 0.3 is 5.97 Å². The Morgan fingerprint density at radius 1 is 1.22 bits per heavy atom. The SMILES string of the molecule is CCOC(=O)c1cnn(-c2nc(OC)c3c(n2)c(C)nn3[C@@H](C)c2ccc(F)c(F)c2)c1. The fraction of sp³-hybridized carbons (Fsp3) is 0.286. The van der Waals surface area contributed by atoms with Crippen molar-refractivity contribution in [2.45, 2.75) is 26.8 Å². The normalized spacial score (nSPS) is 12.2. The molecule has 0 unspecified atom stereocenters. The van der Waals surface area contributed by atoms with Gasteiger partial charge < -0.3 is 9.47 Å². The van der Waals surface area contributed by atoms with E-state index in [1.165, 1.54) is 30.3 Å². The third kappa shape index (κ3) is 3.66. The van der Waals surface area contributed by atoms with E-state index in [0.29, 0.717) is 22.3 Å². The van der Waals surface area contributed by atoms with Gasteiger partial charge in [0.1, 0.15) is 11.0 Å². The molecular formula is C21H20F2N6O3. The standard InChI is InChI=1S/C21H20F2N6O3/c1-5-32-20(30)14-9-24-28(10-14)21-25-17-11(2)27-29(18(17)19(26-21)31-4)12(3)13-6-7-15(22)16(23)8-13/h6-10,12H,5H2,1-4H3/t12-/m0/s1. The zero-order valence-electron chi connectivity index (χ0n) is 17.8. The molecule has 11 heteroatoms. The number of fused-ring (bicyclic) bond motifs is 1. The minimum absolute atomic E-state index is 0.174. The lowest BCUT2D eigenvalue weighted by Crippen LogP contribution is -2.11. The molecule has 0 aliphatic rings. The second kappa shape index (κ2) is 8.33. The van der Waals surface area contributed by atoms with Crippen molar-refractivity contribution in [3.8, 4) is 11.8 Å². The van der Waals surface area contributed by atoms with Crippen LogP contribution in [-0.2, 0) is 4.74 Å². The van der Waals surface area contributed by atoms with Crippen LogP contribution < -0.4 is 4.74 Å². The molecule has 0 aliphatic heterocycles. The number of aryl methyl sites for hydroxylation is 1. The summed E-state index contributed by atoms with van der Waals surface area (Å²) in [5.41, 5.74) is 2.34. The highest BCUT2D eigenvalue weighted by atomic mass is 19.2. The van der Waals surface area contributed by atoms with Gasteiger partial charge in [-0.2, -0.15) is 15.2 Å². The number of carbonyl (C=O) groups is 1. The molecule has 0 N–H and O–H groups in total. The maximum absolute atomic E-state index is 13.8. The van der Waals surface area contributed by atoms with Crippen LogP contribution in [0.5, 0.6) is 5.88 Å². The van der Waals surface area contributed by atoms with E-state index in [9.17, 15) is 13.6 Å². The number of benzene rings is 1. The van der Waals surface area contributed by atoms with Crippen molar-refractivity contribution < 1.29 is 23.0 Å². The highest BCUT2D eigenvalue weighted by Gasteiger charge is 2.23. The van der Waals surface area contributed by atoms with Gasteiger partial charge in [-0.15, -0.1) is 0 Å². The summed E-state index contributed by atoms with van der Waals surface area (Å²) >= 11 is 0. The van der Waals surface area contributed by atoms with Crippen molar-refractivity contribution in [1.82, 2.24) is 29.5 Å². The molecule has 0 spiro atoms. The molecule has 0 saturated carbocycles. The number of hydrogen-bond donors (Lipinski definition) is 0. The average molecular weight is 442 g/mol. The maximum atomic E-state index is 13.8. The van der Waals surface area contributed by atoms with Crippen molar-refractivity contribution >= 4 is 17.0 Å². The molecule has 1 atom stereocenters. The second-order valence-corrected chi connectivity index (χ2v) is 7.00. The van der Waals surface area contributed by atoms with Crippen molar-refractivity contribution in [1.29, 1.82) is 0 Å². The van der Waals surface area contributed by atoms with Crippen molar-refractivity contribution in [3.63, 3.8) is 0 Å². The van der Waals surface area contributed by atoms with Gasteiger partial charge in [0.15, 0.2) is 11.6 Å². The largest absolute Gasteiger partial charge is 0.479 e. The predicted molar refractivity (Wildman–Crippen MR) is 110 cm³/mol. The molecule has 0 aliphatic carbocycles. The quantitative estimate of drug-likeness (QED) is 0.422. The molecule has 9 nitrogen and oxygen atoms in total. The summed E-state index contributed by atoms with van der Waals surface area (Å²) in [6.45, 7) is 5.52. The second-order valence-electron chi connectivity index (χ2n) is 7.00. The van der Waals surface area contributed by atoms with Crippen LogP contribution in [0, 0.1) is 18.6 Å². The van der Waals surface area contributed by atoms with E-state index in [-0.39, 0.29) is 24.0 Å². The Kier molecular flexibility index (Phi) is 5.56. The van der Waals surface area contributed by atoms with Gasteiger partial charge in [-0.25, -0.2) is 23.2 Å². The Morgan fingerprint density at radius 3 is 2.69 bits per heavy atom. The Morgan fingerprint density at radius 2 is 2.00 bits per heavy atom. The third-order valence-electron chi connectivity index (χ3n) is 4.95. The first kappa shape index (κ1) is 21.3. The summed E-state index contributed by atoms with van der Waals surface area (Å²) < 4.78 is 40.5. The minimum atomic E-state index is -0.941. The third-order valence-corrected chi connectivity index (χ3v) is 4.95. The van der Waals surface area contributed by atoms with Gasteiger partial charge in [-0.3, -0.25) is 4.68 Å². The molecule has 3 aromatic heterocycles. The highest BCUT2D eigenvalue weighted by Crippen LogP contribution is 2.31. The summed E-state index contributed by atoms with van der Waals surface area (Å²) in [5.74, 6) is -1.98. The molecule has 1 aromatic carbocycles. The van der Waals surface area contributed by atoms with Gasteiger partial charge in [-0.05, 0) is 38.5 Å². The summed E-state index contributed by atoms with van der Waals surface area (Å²) in [5, 5.41) is 8.67. The molecule has 0 radical (unpaired) electrons. The van der Waals surface area contributed by atoms with E-state index in [1.54, 1.807) is 25.5 Å². The van der Waals surface area contributed by atoms with Crippen LogP contribution in [0.1, 0.15) is 41.5 Å². The molecule has 0 saturated heterocycles. The summed E-state index contributed by atoms with van der Waals surface area (Å²) in [7, 11) is 1.45. The molecular weight excluding hydrogens is 422 g/mol. The van der Waals surface area contributed by atoms with Crippen LogP contribution in [0.25, 0.3) is 17.0 Å². The van der Waals surface area contributed by atoms with Crippen LogP contribution >= 0.6 is 0 Å². The fourth-order valence-electron chi connectivity index (χ4n) is 3.33. The van der Waals surface area contributed by atoms with Gasteiger partial charge in [-0.1, -0.05) is 6.07 Å². The first-order chi connectivity index (χ1) is 15.3. The number of nitrogens with zero attached hydrogens (tertiary/aromatic N) is 6. The van der Waals surface area contributed by atoms with Crippen LogP contribution in [0.2, 0.25) is 0 Å². The lowest BCUT2D eigenvalue weighted by molar-refractivity contribution is 0.0526. The molecule has 0 fully saturated rings. The van der Waals surface area contributed by atoms with Gasteiger partial charge in [0.25, 0.3) is 5.95 Å². The molecule has 0 amide bonds. The number of halogens is 2. The molecule has 166 valence electrons. The number of methoxy groups -OCH3 is 1. The summed E-state index contributed by atoms with van der Waals surface area (Å²) in [6, 6.07) is 3.24. The van der Waals surface area contributed by atoms with Crippen LogP contribution in [0.4, 0.5) is 8.78 Å². The van der Waals surface area contributed by atoms with Crippen molar-refractivity contribution in [2.24, 2.45) is 0 Å². The first-order valence-corrected chi connectivity index (χ1v) is 9.82. The molecule has 4 aromatic rings. The number of rotatable bonds is 6. The van der Waals surface area contributed by atoms with Crippen LogP contribution in [0.3, 0.4) is 0 Å². The zero-order valence-corrected chi connectivity index (χ0v) is 17.8. The van der Waals surface area contributed by atoms with Crippen molar-refractivity contribution in [2.75, 3.05) is 13.7 Å². The number of carbonyl (C=O) groups excluding carboxylic acids is 1. The van der Waals surface area contributed by atoms with E-state index in [1.807, 2.05) is 0 Å². The Hall–Kier alpha value is -3.89. The lowest BCUT2D eigenvalue weighted by atomic mass is 10.1. The maximum Gasteiger partial charge on any atom is 0.341 e. The van der Waals surface area contributed by atoms with E-state index in [0.717, 1.165) is 12.1 Å². The molecule has 4 rings (SSSR count). The average Bonchev–Trinajstić information content (AvgIpc) is 3.40. The number of hydrogen-bond acceptors (Lipinski definition) is 7. The molecule has 0 bridgehead atoms. The van der Waals surface area contributed by atoms with Crippen molar-refractivity contribution in [3.05, 3.63) is 59.0 Å². The van der Waals surface area contributed by atoms with Gasteiger partial charge in [0.2, 0.25) is 5.88 Å². The van der Waals surface area contributed by atoms with E-state index >= 15 is 0 Å². The number of esters is 1. The number of ether oxygens (including phenoxy) is 2. The molecule has 32 heavy (non-hydrogen) atoms. The van der Waals surface area contributed by atoms with Crippen LogP contribution in [-0.4, -0.2) is 49.2 Å². The number of aromatic nitrogens is 6. The van der Waals surface area contributed by atoms with Crippen LogP contribution in [0.15, 0.2) is 30.6 Å². The Labute approximate surface area is 181 Å². The molecule has 3 heterocycles. The highest BCUT2D eigenvalue weighted by molar-refractivity contribution is 5.89. The van der Waals surface area contributed by atoms with Gasteiger partial charge in [0, 0.05) is 6.20 Å². The van der Waals surface area contributed by atoms with E-state index in [2.05, 4.69) is 20.2 Å². The topological polar surface area (TPSA) is 96.9 Å². The van der Waals surface area contributed by atoms with Gasteiger partial charge in [0.05, 0.1) is 37.2 Å². The summed E-state index contributed by atoms with van der Waals surface area (Å²) in [4.78, 5) is 20.9. The smallest absolute Gasteiger partial charge is 0.341 e.